The van der Waals surface area contributed by atoms with Crippen LogP contribution in [0.3, 0.4) is 0 Å². The average Bonchev–Trinajstić information content (AvgIpc) is 2.59. The van der Waals surface area contributed by atoms with Crippen LogP contribution in [0.25, 0.3) is 0 Å². The maximum absolute atomic E-state index is 14.1. The summed E-state index contributed by atoms with van der Waals surface area (Å²) in [6, 6.07) is 2.15. The monoisotopic (exact) mass is 375 g/mol. The van der Waals surface area contributed by atoms with Crippen molar-refractivity contribution in [3.63, 3.8) is 0 Å². The van der Waals surface area contributed by atoms with Crippen molar-refractivity contribution in [3.8, 4) is 0 Å². The van der Waals surface area contributed by atoms with Crippen LogP contribution in [0, 0.1) is 11.6 Å². The fraction of sp³-hybridized carbons (Fsp3) is 0.200. The number of aromatic nitrogens is 2. The molecule has 6 nitrogen and oxygen atoms in total. The zero-order chi connectivity index (χ0) is 19.5. The zero-order valence-corrected chi connectivity index (χ0v) is 13.0. The van der Waals surface area contributed by atoms with E-state index in [2.05, 4.69) is 20.0 Å². The molecule has 0 saturated heterocycles. The average molecular weight is 375 g/mol. The van der Waals surface area contributed by atoms with Crippen LogP contribution < -0.4 is 5.32 Å². The van der Waals surface area contributed by atoms with Crippen LogP contribution in [0.5, 0.6) is 0 Å². The Morgan fingerprint density at radius 1 is 1.15 bits per heavy atom. The maximum atomic E-state index is 14.1. The molecule has 1 aromatic carbocycles. The van der Waals surface area contributed by atoms with E-state index < -0.39 is 53.2 Å². The highest BCUT2D eigenvalue weighted by Crippen LogP contribution is 2.31. The van der Waals surface area contributed by atoms with Crippen molar-refractivity contribution < 1.29 is 36.3 Å². The van der Waals surface area contributed by atoms with Gasteiger partial charge in [0, 0.05) is 6.54 Å². The minimum Gasteiger partial charge on any atom is -0.464 e. The molecule has 0 atom stereocenters. The minimum atomic E-state index is -4.90. The van der Waals surface area contributed by atoms with Crippen LogP contribution >= 0.6 is 0 Å². The fourth-order valence-electron chi connectivity index (χ4n) is 1.93. The number of hydrogen-bond donors (Lipinski definition) is 1. The number of carbonyl (C=O) groups is 2. The lowest BCUT2D eigenvalue weighted by Gasteiger charge is -2.11. The quantitative estimate of drug-likeness (QED) is 0.656. The molecule has 11 heteroatoms. The van der Waals surface area contributed by atoms with Gasteiger partial charge in [-0.3, -0.25) is 4.79 Å². The van der Waals surface area contributed by atoms with E-state index >= 15 is 0 Å². The molecule has 0 aliphatic rings. The number of hydrogen-bond acceptors (Lipinski definition) is 5. The first-order chi connectivity index (χ1) is 12.1. The van der Waals surface area contributed by atoms with Crippen molar-refractivity contribution in [3.05, 3.63) is 58.7 Å². The number of amides is 1. The van der Waals surface area contributed by atoms with Gasteiger partial charge in [-0.1, -0.05) is 6.07 Å². The summed E-state index contributed by atoms with van der Waals surface area (Å²) in [5.41, 5.74) is -3.13. The molecule has 1 N–H and O–H groups in total. The number of benzene rings is 1. The second kappa shape index (κ2) is 7.42. The molecule has 0 fully saturated rings. The topological polar surface area (TPSA) is 81.2 Å². The summed E-state index contributed by atoms with van der Waals surface area (Å²) in [6.45, 7) is -0.459. The molecule has 1 heterocycles. The summed E-state index contributed by atoms with van der Waals surface area (Å²) < 4.78 is 69.6. The maximum Gasteiger partial charge on any atom is 0.419 e. The Morgan fingerprint density at radius 3 is 2.42 bits per heavy atom. The van der Waals surface area contributed by atoms with E-state index in [4.69, 9.17) is 0 Å². The molecule has 0 saturated carbocycles. The van der Waals surface area contributed by atoms with Gasteiger partial charge >= 0.3 is 12.1 Å². The van der Waals surface area contributed by atoms with Gasteiger partial charge in [0.05, 0.1) is 12.7 Å². The summed E-state index contributed by atoms with van der Waals surface area (Å²) in [6.07, 6.45) is -4.15. The van der Waals surface area contributed by atoms with Gasteiger partial charge in [-0.2, -0.15) is 13.2 Å². The van der Waals surface area contributed by atoms with Gasteiger partial charge in [0.2, 0.25) is 0 Å². The molecule has 2 aromatic rings. The Kier molecular flexibility index (Phi) is 5.48. The van der Waals surface area contributed by atoms with E-state index in [-0.39, 0.29) is 5.56 Å². The van der Waals surface area contributed by atoms with Crippen molar-refractivity contribution in [1.82, 2.24) is 15.3 Å². The molecule has 0 aliphatic carbocycles. The first-order valence-corrected chi connectivity index (χ1v) is 6.87. The molecule has 0 bridgehead atoms. The first-order valence-electron chi connectivity index (χ1n) is 6.87. The number of carbonyl (C=O) groups excluding carboxylic acids is 2. The van der Waals surface area contributed by atoms with E-state index in [1.807, 2.05) is 0 Å². The molecular weight excluding hydrogens is 365 g/mol. The smallest absolute Gasteiger partial charge is 0.419 e. The van der Waals surface area contributed by atoms with Crippen LogP contribution in [-0.2, 0) is 17.5 Å². The summed E-state index contributed by atoms with van der Waals surface area (Å²) in [7, 11) is 0.983. The SMILES string of the molecule is COC(=O)c1ncnc(C(=O)NCc2ccc(F)c(C(F)(F)F)c2)c1F. The number of nitrogens with one attached hydrogen (secondary N) is 1. The van der Waals surface area contributed by atoms with Gasteiger partial charge in [0.15, 0.2) is 17.2 Å². The van der Waals surface area contributed by atoms with Gasteiger partial charge in [0.25, 0.3) is 5.91 Å². The molecule has 1 aromatic heterocycles. The molecule has 138 valence electrons. The largest absolute Gasteiger partial charge is 0.464 e. The van der Waals surface area contributed by atoms with E-state index in [0.717, 1.165) is 19.5 Å². The molecule has 0 radical (unpaired) electrons. The third kappa shape index (κ3) is 4.10. The van der Waals surface area contributed by atoms with Crippen molar-refractivity contribution in [2.45, 2.75) is 12.7 Å². The van der Waals surface area contributed by atoms with Crippen molar-refractivity contribution in [1.29, 1.82) is 0 Å². The van der Waals surface area contributed by atoms with E-state index in [0.29, 0.717) is 12.1 Å². The lowest BCUT2D eigenvalue weighted by molar-refractivity contribution is -0.140. The Labute approximate surface area is 143 Å². The molecular formula is C15H10F5N3O3. The highest BCUT2D eigenvalue weighted by atomic mass is 19.4. The van der Waals surface area contributed by atoms with Crippen LogP contribution in [0.2, 0.25) is 0 Å². The number of ether oxygens (including phenoxy) is 1. The van der Waals surface area contributed by atoms with Crippen molar-refractivity contribution in [2.24, 2.45) is 0 Å². The first kappa shape index (κ1) is 19.2. The fourth-order valence-corrected chi connectivity index (χ4v) is 1.93. The van der Waals surface area contributed by atoms with Gasteiger partial charge < -0.3 is 10.1 Å². The molecule has 0 spiro atoms. The van der Waals surface area contributed by atoms with Crippen molar-refractivity contribution in [2.75, 3.05) is 7.11 Å². The third-order valence-corrected chi connectivity index (χ3v) is 3.17. The van der Waals surface area contributed by atoms with Crippen LogP contribution in [0.1, 0.15) is 32.1 Å². The predicted molar refractivity (Wildman–Crippen MR) is 75.9 cm³/mol. The summed E-state index contributed by atoms with van der Waals surface area (Å²) >= 11 is 0. The lowest BCUT2D eigenvalue weighted by Crippen LogP contribution is -2.26. The summed E-state index contributed by atoms with van der Waals surface area (Å²) in [4.78, 5) is 30.0. The standard InChI is InChI=1S/C15H10F5N3O3/c1-26-14(25)12-10(17)11(22-6-23-12)13(24)21-5-7-2-3-9(16)8(4-7)15(18,19)20/h2-4,6H,5H2,1H3,(H,21,24). The van der Waals surface area contributed by atoms with Crippen LogP contribution in [0.15, 0.2) is 24.5 Å². The lowest BCUT2D eigenvalue weighted by atomic mass is 10.1. The van der Waals surface area contributed by atoms with Gasteiger partial charge in [0.1, 0.15) is 12.1 Å². The number of esters is 1. The normalized spacial score (nSPS) is 11.2. The van der Waals surface area contributed by atoms with E-state index in [1.165, 1.54) is 0 Å². The molecule has 2 rings (SSSR count). The van der Waals surface area contributed by atoms with E-state index in [9.17, 15) is 31.5 Å². The molecule has 0 aliphatic heterocycles. The Hall–Kier alpha value is -3.11. The number of nitrogens with zero attached hydrogens (tertiary/aromatic N) is 2. The zero-order valence-electron chi connectivity index (χ0n) is 13.0. The number of methoxy groups -OCH3 is 1. The molecule has 1 amide bonds. The Balaban J connectivity index is 2.19. The summed E-state index contributed by atoms with van der Waals surface area (Å²) in [5, 5.41) is 2.13. The van der Waals surface area contributed by atoms with Gasteiger partial charge in [-0.15, -0.1) is 0 Å². The Bertz CT molecular complexity index is 855. The third-order valence-electron chi connectivity index (χ3n) is 3.17. The Morgan fingerprint density at radius 2 is 1.81 bits per heavy atom. The van der Waals surface area contributed by atoms with Gasteiger partial charge in [-0.05, 0) is 17.7 Å². The van der Waals surface area contributed by atoms with Crippen LogP contribution in [0.4, 0.5) is 22.0 Å². The predicted octanol–water partition coefficient (Wildman–Crippen LogP) is 2.49. The number of halogens is 5. The molecule has 26 heavy (non-hydrogen) atoms. The second-order valence-electron chi connectivity index (χ2n) is 4.87. The van der Waals surface area contributed by atoms with Crippen molar-refractivity contribution >= 4 is 11.9 Å². The van der Waals surface area contributed by atoms with Gasteiger partial charge in [-0.25, -0.2) is 23.5 Å². The number of rotatable bonds is 4. The van der Waals surface area contributed by atoms with E-state index in [1.54, 1.807) is 0 Å². The minimum absolute atomic E-state index is 0.0743. The highest BCUT2D eigenvalue weighted by molar-refractivity contribution is 5.95. The number of alkyl halides is 3. The highest BCUT2D eigenvalue weighted by Gasteiger charge is 2.34. The summed E-state index contributed by atoms with van der Waals surface area (Å²) in [5.74, 6) is -5.04. The second-order valence-corrected chi connectivity index (χ2v) is 4.87. The molecule has 0 unspecified atom stereocenters. The van der Waals surface area contributed by atoms with Crippen LogP contribution in [-0.4, -0.2) is 29.0 Å².